The number of rotatable bonds is 3. The van der Waals surface area contributed by atoms with Crippen molar-refractivity contribution in [2.24, 2.45) is 5.92 Å². The van der Waals surface area contributed by atoms with Gasteiger partial charge in [0.2, 0.25) is 0 Å². The Morgan fingerprint density at radius 3 is 2.45 bits per heavy atom. The highest BCUT2D eigenvalue weighted by Crippen LogP contribution is 2.51. The first-order valence-corrected chi connectivity index (χ1v) is 7.86. The molecule has 0 unspecified atom stereocenters. The lowest BCUT2D eigenvalue weighted by Gasteiger charge is -2.04. The van der Waals surface area contributed by atoms with E-state index >= 15 is 0 Å². The molecule has 0 amide bonds. The Bertz CT molecular complexity index is 667. The topological polar surface area (TPSA) is 17.1 Å². The number of ketones is 1. The fourth-order valence-corrected chi connectivity index (χ4v) is 3.27. The van der Waals surface area contributed by atoms with Crippen LogP contribution in [-0.2, 0) is 0 Å². The quantitative estimate of drug-likeness (QED) is 0.630. The lowest BCUT2D eigenvalue weighted by molar-refractivity contribution is 0.0965. The lowest BCUT2D eigenvalue weighted by Crippen LogP contribution is -2.03. The summed E-state index contributed by atoms with van der Waals surface area (Å²) in [4.78, 5) is 12.4. The van der Waals surface area contributed by atoms with Crippen LogP contribution >= 0.6 is 39.1 Å². The maximum atomic E-state index is 12.4. The molecule has 0 saturated heterocycles. The molecule has 0 bridgehead atoms. The molecule has 20 heavy (non-hydrogen) atoms. The molecular formula is C16H11BrCl2O. The van der Waals surface area contributed by atoms with Crippen molar-refractivity contribution in [3.63, 3.8) is 0 Å². The first-order chi connectivity index (χ1) is 9.56. The molecule has 1 saturated carbocycles. The summed E-state index contributed by atoms with van der Waals surface area (Å²) in [5.41, 5.74) is 1.78. The van der Waals surface area contributed by atoms with Gasteiger partial charge < -0.3 is 0 Å². The summed E-state index contributed by atoms with van der Waals surface area (Å²) in [6.07, 6.45) is 0.857. The van der Waals surface area contributed by atoms with Crippen molar-refractivity contribution < 1.29 is 4.79 Å². The van der Waals surface area contributed by atoms with Crippen LogP contribution in [0.1, 0.15) is 28.3 Å². The van der Waals surface area contributed by atoms with E-state index in [9.17, 15) is 4.79 Å². The van der Waals surface area contributed by atoms with Crippen LogP contribution in [0.4, 0.5) is 0 Å². The Labute approximate surface area is 136 Å². The number of hydrogen-bond donors (Lipinski definition) is 0. The van der Waals surface area contributed by atoms with Crippen LogP contribution < -0.4 is 0 Å². The van der Waals surface area contributed by atoms with Crippen LogP contribution in [-0.4, -0.2) is 5.78 Å². The summed E-state index contributed by atoms with van der Waals surface area (Å²) in [6, 6.07) is 13.0. The maximum Gasteiger partial charge on any atom is 0.166 e. The Hall–Kier alpha value is -0.830. The van der Waals surface area contributed by atoms with Gasteiger partial charge in [-0.1, -0.05) is 57.3 Å². The molecule has 2 aromatic carbocycles. The van der Waals surface area contributed by atoms with E-state index in [0.717, 1.165) is 22.0 Å². The van der Waals surface area contributed by atoms with E-state index in [1.54, 1.807) is 6.07 Å². The van der Waals surface area contributed by atoms with Gasteiger partial charge in [0.1, 0.15) is 0 Å². The molecule has 3 rings (SSSR count). The van der Waals surface area contributed by atoms with Crippen LogP contribution in [0.25, 0.3) is 0 Å². The van der Waals surface area contributed by atoms with Crippen molar-refractivity contribution in [1.29, 1.82) is 0 Å². The molecule has 4 heteroatoms. The summed E-state index contributed by atoms with van der Waals surface area (Å²) >= 11 is 15.5. The molecule has 102 valence electrons. The molecule has 0 heterocycles. The third-order valence-corrected chi connectivity index (χ3v) is 4.71. The molecule has 1 fully saturated rings. The molecule has 1 aliphatic carbocycles. The first-order valence-electron chi connectivity index (χ1n) is 6.31. The van der Waals surface area contributed by atoms with Gasteiger partial charge in [-0.05, 0) is 42.2 Å². The molecule has 0 aliphatic heterocycles. The second kappa shape index (κ2) is 5.51. The highest BCUT2D eigenvalue weighted by atomic mass is 79.9. The van der Waals surface area contributed by atoms with Gasteiger partial charge in [0.25, 0.3) is 0 Å². The smallest absolute Gasteiger partial charge is 0.166 e. The van der Waals surface area contributed by atoms with Gasteiger partial charge in [-0.15, -0.1) is 0 Å². The van der Waals surface area contributed by atoms with E-state index in [0.29, 0.717) is 10.0 Å². The van der Waals surface area contributed by atoms with Crippen molar-refractivity contribution in [3.8, 4) is 0 Å². The molecule has 0 N–H and O–H groups in total. The average molecular weight is 370 g/mol. The number of Topliss-reactive ketones (excluding diaryl/α,β-unsaturated/α-hetero) is 1. The Morgan fingerprint density at radius 1 is 1.10 bits per heavy atom. The van der Waals surface area contributed by atoms with Gasteiger partial charge in [0.15, 0.2) is 5.78 Å². The number of carbonyl (C=O) groups excluding carboxylic acids is 1. The number of benzene rings is 2. The molecule has 1 nitrogen and oxygen atoms in total. The van der Waals surface area contributed by atoms with Gasteiger partial charge >= 0.3 is 0 Å². The normalized spacial score (nSPS) is 20.8. The minimum Gasteiger partial charge on any atom is -0.294 e. The minimum atomic E-state index is 0.0369. The van der Waals surface area contributed by atoms with E-state index in [-0.39, 0.29) is 17.6 Å². The number of halogens is 3. The molecule has 2 atom stereocenters. The molecule has 2 aromatic rings. The number of hydrogen-bond acceptors (Lipinski definition) is 1. The van der Waals surface area contributed by atoms with Crippen LogP contribution in [0.3, 0.4) is 0 Å². The Balaban J connectivity index is 1.78. The van der Waals surface area contributed by atoms with E-state index < -0.39 is 0 Å². The van der Waals surface area contributed by atoms with E-state index in [4.69, 9.17) is 23.2 Å². The van der Waals surface area contributed by atoms with Crippen LogP contribution in [0.2, 0.25) is 10.0 Å². The molecule has 0 spiro atoms. The standard InChI is InChI=1S/C16H11BrCl2O/c17-10-3-1-9(2-4-10)16(20)14-8-13(14)12-6-5-11(18)7-15(12)19/h1-7,13-14H,8H2/t13-,14-/m0/s1. The van der Waals surface area contributed by atoms with Crippen LogP contribution in [0.5, 0.6) is 0 Å². The molecule has 0 radical (unpaired) electrons. The van der Waals surface area contributed by atoms with E-state index in [1.807, 2.05) is 36.4 Å². The number of carbonyl (C=O) groups is 1. The van der Waals surface area contributed by atoms with Crippen LogP contribution in [0, 0.1) is 5.92 Å². The van der Waals surface area contributed by atoms with Crippen molar-refractivity contribution in [2.45, 2.75) is 12.3 Å². The van der Waals surface area contributed by atoms with Crippen molar-refractivity contribution in [1.82, 2.24) is 0 Å². The second-order valence-corrected chi connectivity index (χ2v) is 6.74. The lowest BCUT2D eigenvalue weighted by atomic mass is 10.0. The second-order valence-electron chi connectivity index (χ2n) is 4.99. The van der Waals surface area contributed by atoms with Gasteiger partial charge in [-0.25, -0.2) is 0 Å². The Morgan fingerprint density at radius 2 is 1.80 bits per heavy atom. The third kappa shape index (κ3) is 2.78. The van der Waals surface area contributed by atoms with Gasteiger partial charge in [-0.3, -0.25) is 4.79 Å². The zero-order valence-corrected chi connectivity index (χ0v) is 13.5. The molecular weight excluding hydrogens is 359 g/mol. The minimum absolute atomic E-state index is 0.0369. The fraction of sp³-hybridized carbons (Fsp3) is 0.188. The summed E-state index contributed by atoms with van der Waals surface area (Å²) in [5, 5.41) is 1.27. The predicted molar refractivity (Wildman–Crippen MR) is 85.8 cm³/mol. The summed E-state index contributed by atoms with van der Waals surface area (Å²) in [7, 11) is 0. The Kier molecular flexibility index (Phi) is 3.89. The summed E-state index contributed by atoms with van der Waals surface area (Å²) < 4.78 is 0.974. The molecule has 1 aliphatic rings. The van der Waals surface area contributed by atoms with Crippen molar-refractivity contribution in [2.75, 3.05) is 0 Å². The van der Waals surface area contributed by atoms with Crippen LogP contribution in [0.15, 0.2) is 46.9 Å². The monoisotopic (exact) mass is 368 g/mol. The van der Waals surface area contributed by atoms with Gasteiger partial charge in [0, 0.05) is 26.0 Å². The highest BCUT2D eigenvalue weighted by molar-refractivity contribution is 9.10. The maximum absolute atomic E-state index is 12.4. The van der Waals surface area contributed by atoms with Crippen molar-refractivity contribution >= 4 is 44.9 Å². The van der Waals surface area contributed by atoms with E-state index in [1.165, 1.54) is 0 Å². The third-order valence-electron chi connectivity index (χ3n) is 3.62. The summed E-state index contributed by atoms with van der Waals surface area (Å²) in [6.45, 7) is 0. The summed E-state index contributed by atoms with van der Waals surface area (Å²) in [5.74, 6) is 0.444. The zero-order valence-electron chi connectivity index (χ0n) is 10.4. The molecule has 0 aromatic heterocycles. The fourth-order valence-electron chi connectivity index (χ4n) is 2.46. The first kappa shape index (κ1) is 14.1. The van der Waals surface area contributed by atoms with Crippen molar-refractivity contribution in [3.05, 3.63) is 68.1 Å². The largest absolute Gasteiger partial charge is 0.294 e. The van der Waals surface area contributed by atoms with Gasteiger partial charge in [-0.2, -0.15) is 0 Å². The predicted octanol–water partition coefficient (Wildman–Crippen LogP) is 5.74. The average Bonchev–Trinajstić information content (AvgIpc) is 3.19. The highest BCUT2D eigenvalue weighted by Gasteiger charge is 2.44. The SMILES string of the molecule is O=C(c1ccc(Br)cc1)[C@H]1C[C@H]1c1ccc(Cl)cc1Cl. The zero-order chi connectivity index (χ0) is 14.3. The van der Waals surface area contributed by atoms with E-state index in [2.05, 4.69) is 15.9 Å². The van der Waals surface area contributed by atoms with Gasteiger partial charge in [0.05, 0.1) is 0 Å².